The average molecular weight is 369 g/mol. The summed E-state index contributed by atoms with van der Waals surface area (Å²) in [4.78, 5) is 23.3. The Balaban J connectivity index is 2.08. The lowest BCUT2D eigenvalue weighted by Crippen LogP contribution is -2.27. The van der Waals surface area contributed by atoms with Gasteiger partial charge in [0.15, 0.2) is 0 Å². The summed E-state index contributed by atoms with van der Waals surface area (Å²) in [5.74, 6) is -1.03. The lowest BCUT2D eigenvalue weighted by molar-refractivity contribution is -0.137. The van der Waals surface area contributed by atoms with Gasteiger partial charge in [0.1, 0.15) is 4.32 Å². The Morgan fingerprint density at radius 3 is 2.68 bits per heavy atom. The van der Waals surface area contributed by atoms with Gasteiger partial charge in [0.05, 0.1) is 21.5 Å². The molecule has 1 saturated heterocycles. The molecule has 0 radical (unpaired) electrons. The van der Waals surface area contributed by atoms with Crippen LogP contribution in [0.4, 0.5) is 18.9 Å². The molecule has 1 heterocycles. The van der Waals surface area contributed by atoms with E-state index in [1.807, 2.05) is 0 Å². The molecule has 2 N–H and O–H groups in total. The van der Waals surface area contributed by atoms with Crippen LogP contribution in [0, 0.1) is 0 Å². The summed E-state index contributed by atoms with van der Waals surface area (Å²) in [6, 6.07) is 2.61. The summed E-state index contributed by atoms with van der Waals surface area (Å²) < 4.78 is 38.2. The average Bonchev–Trinajstić information content (AvgIpc) is 2.69. The van der Waals surface area contributed by atoms with E-state index in [-0.39, 0.29) is 21.5 Å². The molecule has 10 heteroatoms. The molecule has 1 aromatic carbocycles. The standard InChI is InChI=1S/C12H8ClF3N2O2S2/c13-6-2-1-5(12(14,15)16)3-7(6)17-9(19)4-8-10(20)18-11(21)22-8/h1-3,8H,4H2,(H,17,19)(H,18,20,21). The normalized spacial score (nSPS) is 18.3. The number of benzene rings is 1. The Morgan fingerprint density at radius 2 is 2.14 bits per heavy atom. The van der Waals surface area contributed by atoms with Gasteiger partial charge in [0.25, 0.3) is 0 Å². The van der Waals surface area contributed by atoms with Crippen LogP contribution in [0.25, 0.3) is 0 Å². The van der Waals surface area contributed by atoms with Crippen LogP contribution in [-0.4, -0.2) is 21.4 Å². The van der Waals surface area contributed by atoms with Crippen LogP contribution in [0.3, 0.4) is 0 Å². The van der Waals surface area contributed by atoms with Gasteiger partial charge in [-0.25, -0.2) is 0 Å². The maximum atomic E-state index is 12.6. The molecular weight excluding hydrogens is 361 g/mol. The first-order valence-electron chi connectivity index (χ1n) is 5.85. The Kier molecular flexibility index (Phi) is 4.98. The predicted octanol–water partition coefficient (Wildman–Crippen LogP) is 3.20. The minimum Gasteiger partial charge on any atom is -0.325 e. The second-order valence-corrected chi connectivity index (χ2v) is 6.61. The van der Waals surface area contributed by atoms with Crippen molar-refractivity contribution >= 4 is 57.4 Å². The van der Waals surface area contributed by atoms with E-state index in [9.17, 15) is 22.8 Å². The molecule has 22 heavy (non-hydrogen) atoms. The highest BCUT2D eigenvalue weighted by atomic mass is 35.5. The maximum Gasteiger partial charge on any atom is 0.416 e. The van der Waals surface area contributed by atoms with Crippen molar-refractivity contribution in [1.29, 1.82) is 0 Å². The van der Waals surface area contributed by atoms with Gasteiger partial charge in [-0.3, -0.25) is 9.59 Å². The molecule has 1 fully saturated rings. The van der Waals surface area contributed by atoms with Crippen LogP contribution in [0.2, 0.25) is 5.02 Å². The molecule has 1 atom stereocenters. The number of hydrogen-bond acceptors (Lipinski definition) is 4. The fourth-order valence-corrected chi connectivity index (χ4v) is 3.13. The summed E-state index contributed by atoms with van der Waals surface area (Å²) in [7, 11) is 0. The second-order valence-electron chi connectivity index (χ2n) is 4.33. The van der Waals surface area contributed by atoms with E-state index in [4.69, 9.17) is 23.8 Å². The largest absolute Gasteiger partial charge is 0.416 e. The number of amides is 2. The van der Waals surface area contributed by atoms with Crippen LogP contribution in [0.1, 0.15) is 12.0 Å². The molecule has 4 nitrogen and oxygen atoms in total. The quantitative estimate of drug-likeness (QED) is 0.804. The lowest BCUT2D eigenvalue weighted by Gasteiger charge is -2.12. The van der Waals surface area contributed by atoms with Crippen LogP contribution >= 0.6 is 35.6 Å². The Labute approximate surface area is 137 Å². The molecule has 118 valence electrons. The number of nitrogens with one attached hydrogen (secondary N) is 2. The lowest BCUT2D eigenvalue weighted by atomic mass is 10.2. The Bertz CT molecular complexity index is 652. The van der Waals surface area contributed by atoms with Crippen LogP contribution < -0.4 is 10.6 Å². The number of halogens is 4. The highest BCUT2D eigenvalue weighted by Gasteiger charge is 2.32. The first kappa shape index (κ1) is 17.0. The van der Waals surface area contributed by atoms with Crippen molar-refractivity contribution in [3.63, 3.8) is 0 Å². The first-order valence-corrected chi connectivity index (χ1v) is 7.51. The third-order valence-electron chi connectivity index (χ3n) is 2.71. The number of carbonyl (C=O) groups excluding carboxylic acids is 2. The molecule has 0 saturated carbocycles. The molecule has 1 aromatic rings. The zero-order valence-corrected chi connectivity index (χ0v) is 13.1. The number of thiocarbonyl (C=S) groups is 1. The van der Waals surface area contributed by atoms with E-state index >= 15 is 0 Å². The van der Waals surface area contributed by atoms with E-state index in [1.54, 1.807) is 0 Å². The van der Waals surface area contributed by atoms with Crippen LogP contribution in [0.5, 0.6) is 0 Å². The third-order valence-corrected chi connectivity index (χ3v) is 4.41. The molecule has 2 amide bonds. The predicted molar refractivity (Wildman–Crippen MR) is 81.8 cm³/mol. The summed E-state index contributed by atoms with van der Waals surface area (Å²) in [5.41, 5.74) is -1.09. The Morgan fingerprint density at radius 1 is 1.45 bits per heavy atom. The smallest absolute Gasteiger partial charge is 0.325 e. The highest BCUT2D eigenvalue weighted by Crippen LogP contribution is 2.34. The van der Waals surface area contributed by atoms with Crippen molar-refractivity contribution in [2.24, 2.45) is 0 Å². The number of thioether (sulfide) groups is 1. The van der Waals surface area contributed by atoms with E-state index in [0.29, 0.717) is 0 Å². The molecule has 2 rings (SSSR count). The molecule has 1 unspecified atom stereocenters. The monoisotopic (exact) mass is 368 g/mol. The fraction of sp³-hybridized carbons (Fsp3) is 0.250. The van der Waals surface area contributed by atoms with Gasteiger partial charge in [-0.1, -0.05) is 35.6 Å². The number of anilines is 1. The fourth-order valence-electron chi connectivity index (χ4n) is 1.69. The zero-order valence-electron chi connectivity index (χ0n) is 10.7. The topological polar surface area (TPSA) is 58.2 Å². The van der Waals surface area contributed by atoms with Gasteiger partial charge in [-0.15, -0.1) is 0 Å². The van der Waals surface area contributed by atoms with E-state index < -0.39 is 28.8 Å². The second kappa shape index (κ2) is 6.43. The molecular formula is C12H8ClF3N2O2S2. The highest BCUT2D eigenvalue weighted by molar-refractivity contribution is 8.24. The van der Waals surface area contributed by atoms with Crippen molar-refractivity contribution in [2.45, 2.75) is 17.8 Å². The number of alkyl halides is 3. The third kappa shape index (κ3) is 4.11. The number of rotatable bonds is 3. The van der Waals surface area contributed by atoms with Crippen molar-refractivity contribution < 1.29 is 22.8 Å². The number of hydrogen-bond donors (Lipinski definition) is 2. The van der Waals surface area contributed by atoms with Crippen LogP contribution in [-0.2, 0) is 15.8 Å². The van der Waals surface area contributed by atoms with Gasteiger partial charge < -0.3 is 10.6 Å². The summed E-state index contributed by atoms with van der Waals surface area (Å²) in [5, 5.41) is 3.93. The SMILES string of the molecule is O=C(CC1SC(=S)NC1=O)Nc1cc(C(F)(F)F)ccc1Cl. The van der Waals surface area contributed by atoms with E-state index in [1.165, 1.54) is 0 Å². The molecule has 0 bridgehead atoms. The molecule has 1 aliphatic rings. The minimum atomic E-state index is -4.54. The van der Waals surface area contributed by atoms with Crippen molar-refractivity contribution in [3.8, 4) is 0 Å². The van der Waals surface area contributed by atoms with E-state index in [2.05, 4.69) is 10.6 Å². The van der Waals surface area contributed by atoms with Gasteiger partial charge in [0.2, 0.25) is 11.8 Å². The minimum absolute atomic E-state index is 0.0274. The maximum absolute atomic E-state index is 12.6. The van der Waals surface area contributed by atoms with E-state index in [0.717, 1.165) is 30.0 Å². The summed E-state index contributed by atoms with van der Waals surface area (Å²) >= 11 is 11.6. The molecule has 0 aromatic heterocycles. The van der Waals surface area contributed by atoms with Crippen molar-refractivity contribution in [3.05, 3.63) is 28.8 Å². The molecule has 0 aliphatic carbocycles. The molecule has 0 spiro atoms. The van der Waals surface area contributed by atoms with Gasteiger partial charge in [0, 0.05) is 6.42 Å². The zero-order chi connectivity index (χ0) is 16.5. The van der Waals surface area contributed by atoms with Gasteiger partial charge in [-0.05, 0) is 18.2 Å². The summed E-state index contributed by atoms with van der Waals surface area (Å²) in [6.45, 7) is 0. The Hall–Kier alpha value is -1.32. The van der Waals surface area contributed by atoms with Gasteiger partial charge >= 0.3 is 6.18 Å². The van der Waals surface area contributed by atoms with Crippen molar-refractivity contribution in [1.82, 2.24) is 5.32 Å². The molecule has 1 aliphatic heterocycles. The first-order chi connectivity index (χ1) is 10.2. The number of carbonyl (C=O) groups is 2. The van der Waals surface area contributed by atoms with Gasteiger partial charge in [-0.2, -0.15) is 13.2 Å². The summed E-state index contributed by atoms with van der Waals surface area (Å²) in [6.07, 6.45) is -4.76. The van der Waals surface area contributed by atoms with Crippen molar-refractivity contribution in [2.75, 3.05) is 5.32 Å². The van der Waals surface area contributed by atoms with Crippen LogP contribution in [0.15, 0.2) is 18.2 Å².